The average molecular weight is 760 g/mol. The Labute approximate surface area is 259 Å². The van der Waals surface area contributed by atoms with Crippen LogP contribution in [0.3, 0.4) is 0 Å². The number of rotatable bonds is 6. The monoisotopic (exact) mass is 760 g/mol. The second-order valence-corrected chi connectivity index (χ2v) is 9.93. The van der Waals surface area contributed by atoms with Gasteiger partial charge in [0, 0.05) is 15.3 Å². The normalized spacial score (nSPS) is 12.2. The third-order valence-electron chi connectivity index (χ3n) is 5.95. The summed E-state index contributed by atoms with van der Waals surface area (Å²) in [5.41, 5.74) is -14.4. The SMILES string of the molecule is C#CCN(C(=O)c1ccc(C#N)nc1)c1cccc(C(=O)Nc2c(I)cc(C(F)(C(F)(F)F)C(F)(F)F)cc2C(F)(F)F)c1F. The van der Waals surface area contributed by atoms with Crippen molar-refractivity contribution in [1.82, 2.24) is 4.98 Å². The summed E-state index contributed by atoms with van der Waals surface area (Å²) in [6.07, 6.45) is -13.0. The first kappa shape index (κ1) is 35.0. The predicted molar refractivity (Wildman–Crippen MR) is 143 cm³/mol. The van der Waals surface area contributed by atoms with E-state index in [9.17, 15) is 53.5 Å². The highest BCUT2D eigenvalue weighted by atomic mass is 127. The average Bonchev–Trinajstić information content (AvgIpc) is 2.94. The van der Waals surface area contributed by atoms with Gasteiger partial charge >= 0.3 is 24.2 Å². The Balaban J connectivity index is 2.11. The lowest BCUT2D eigenvalue weighted by Crippen LogP contribution is -2.50. The lowest BCUT2D eigenvalue weighted by molar-refractivity contribution is -0.348. The summed E-state index contributed by atoms with van der Waals surface area (Å²) in [7, 11) is 0. The van der Waals surface area contributed by atoms with Crippen LogP contribution >= 0.6 is 22.6 Å². The molecule has 0 aliphatic heterocycles. The number of terminal acetylenes is 1. The van der Waals surface area contributed by atoms with Gasteiger partial charge in [-0.1, -0.05) is 12.0 Å². The molecule has 0 radical (unpaired) electrons. The van der Waals surface area contributed by atoms with Gasteiger partial charge in [-0.3, -0.25) is 14.5 Å². The Bertz CT molecular complexity index is 1710. The zero-order valence-corrected chi connectivity index (χ0v) is 23.8. The van der Waals surface area contributed by atoms with Crippen molar-refractivity contribution in [2.24, 2.45) is 0 Å². The number of nitrogens with zero attached hydrogens (tertiary/aromatic N) is 3. The van der Waals surface area contributed by atoms with E-state index in [-0.39, 0.29) is 17.3 Å². The van der Waals surface area contributed by atoms with E-state index in [0.717, 1.165) is 59.1 Å². The van der Waals surface area contributed by atoms with Gasteiger partial charge in [0.15, 0.2) is 5.82 Å². The van der Waals surface area contributed by atoms with Crippen LogP contribution in [0.4, 0.5) is 59.7 Å². The second-order valence-electron chi connectivity index (χ2n) is 8.76. The van der Waals surface area contributed by atoms with Gasteiger partial charge in [0.1, 0.15) is 11.8 Å². The van der Waals surface area contributed by atoms with Crippen LogP contribution in [0.1, 0.15) is 37.5 Å². The summed E-state index contributed by atoms with van der Waals surface area (Å²) >= 11 is 0.847. The molecule has 1 aromatic heterocycles. The van der Waals surface area contributed by atoms with Crippen molar-refractivity contribution in [3.63, 3.8) is 0 Å². The maximum absolute atomic E-state index is 15.6. The molecule has 0 bridgehead atoms. The molecule has 0 saturated carbocycles. The largest absolute Gasteiger partial charge is 0.435 e. The summed E-state index contributed by atoms with van der Waals surface area (Å²) in [6, 6.07) is 5.76. The quantitative estimate of drug-likeness (QED) is 0.160. The summed E-state index contributed by atoms with van der Waals surface area (Å²) in [5.74, 6) is -2.10. The molecule has 0 aliphatic rings. The Kier molecular flexibility index (Phi) is 9.73. The number of alkyl halides is 10. The molecule has 0 unspecified atom stereocenters. The number of hydrogen-bond acceptors (Lipinski definition) is 4. The standard InChI is InChI=1S/C27H12F11IN4O2/c1-2-8-43(23(45)13-6-7-15(11-40)41-12-13)19-5-3-4-16(20(19)28)22(44)42-21-17(25(30,31)32)9-14(10-18(21)39)24(29,26(33,34)35)27(36,37)38/h1,3-7,9-10,12H,8H2,(H,42,44). The van der Waals surface area contributed by atoms with Gasteiger partial charge < -0.3 is 5.32 Å². The van der Waals surface area contributed by atoms with E-state index in [1.807, 2.05) is 0 Å². The number of halogens is 12. The molecule has 2 amide bonds. The van der Waals surface area contributed by atoms with Gasteiger partial charge in [-0.2, -0.15) is 44.8 Å². The van der Waals surface area contributed by atoms with Crippen LogP contribution in [0.5, 0.6) is 0 Å². The topological polar surface area (TPSA) is 86.1 Å². The third kappa shape index (κ3) is 6.80. The van der Waals surface area contributed by atoms with E-state index < -0.39 is 86.1 Å². The van der Waals surface area contributed by atoms with Crippen LogP contribution in [-0.2, 0) is 11.8 Å². The van der Waals surface area contributed by atoms with Crippen LogP contribution in [0.15, 0.2) is 48.7 Å². The third-order valence-corrected chi connectivity index (χ3v) is 6.80. The number of nitrogens with one attached hydrogen (secondary N) is 1. The molecule has 6 nitrogen and oxygen atoms in total. The zero-order valence-electron chi connectivity index (χ0n) is 21.6. The Morgan fingerprint density at radius 1 is 0.978 bits per heavy atom. The van der Waals surface area contributed by atoms with Crippen molar-refractivity contribution in [3.8, 4) is 18.4 Å². The van der Waals surface area contributed by atoms with Crippen LogP contribution in [-0.4, -0.2) is 35.7 Å². The molecular weight excluding hydrogens is 748 g/mol. The van der Waals surface area contributed by atoms with Crippen LogP contribution in [0, 0.1) is 33.1 Å². The van der Waals surface area contributed by atoms with Crippen molar-refractivity contribution in [2.75, 3.05) is 16.8 Å². The van der Waals surface area contributed by atoms with Gasteiger partial charge in [-0.05, 0) is 59.0 Å². The molecule has 0 fully saturated rings. The molecule has 2 aromatic carbocycles. The van der Waals surface area contributed by atoms with Crippen molar-refractivity contribution >= 4 is 45.8 Å². The number of anilines is 2. The molecule has 236 valence electrons. The zero-order chi connectivity index (χ0) is 34.1. The highest BCUT2D eigenvalue weighted by Gasteiger charge is 2.73. The first-order valence-corrected chi connectivity index (χ1v) is 12.7. The van der Waals surface area contributed by atoms with E-state index in [2.05, 4.69) is 10.9 Å². The fourth-order valence-corrected chi connectivity index (χ4v) is 4.59. The minimum absolute atomic E-state index is 0.0743. The number of benzene rings is 2. The van der Waals surface area contributed by atoms with Crippen molar-refractivity contribution in [2.45, 2.75) is 24.2 Å². The molecule has 0 aliphatic carbocycles. The number of nitriles is 1. The second kappa shape index (κ2) is 12.5. The van der Waals surface area contributed by atoms with Gasteiger partial charge in [-0.15, -0.1) is 6.42 Å². The molecule has 18 heteroatoms. The van der Waals surface area contributed by atoms with E-state index in [0.29, 0.717) is 4.90 Å². The number of carbonyl (C=O) groups is 2. The molecule has 1 heterocycles. The fourth-order valence-electron chi connectivity index (χ4n) is 3.83. The minimum Gasteiger partial charge on any atom is -0.320 e. The van der Waals surface area contributed by atoms with Crippen LogP contribution in [0.25, 0.3) is 0 Å². The Morgan fingerprint density at radius 3 is 2.09 bits per heavy atom. The number of hydrogen-bond donors (Lipinski definition) is 1. The van der Waals surface area contributed by atoms with Crippen molar-refractivity contribution in [1.29, 1.82) is 5.26 Å². The summed E-state index contributed by atoms with van der Waals surface area (Å²) in [6.45, 7) is -0.609. The smallest absolute Gasteiger partial charge is 0.320 e. The van der Waals surface area contributed by atoms with Crippen LogP contribution in [0.2, 0.25) is 0 Å². The first-order chi connectivity index (χ1) is 20.7. The first-order valence-electron chi connectivity index (χ1n) is 11.6. The Hall–Kier alpha value is -4.46. The van der Waals surface area contributed by atoms with E-state index in [1.165, 1.54) is 0 Å². The van der Waals surface area contributed by atoms with E-state index in [4.69, 9.17) is 11.7 Å². The molecule has 3 aromatic rings. The predicted octanol–water partition coefficient (Wildman–Crippen LogP) is 7.54. The van der Waals surface area contributed by atoms with E-state index in [1.54, 1.807) is 11.4 Å². The number of carbonyl (C=O) groups excluding carboxylic acids is 2. The fraction of sp³-hybridized carbons (Fsp3) is 0.185. The highest BCUT2D eigenvalue weighted by molar-refractivity contribution is 14.1. The van der Waals surface area contributed by atoms with Gasteiger partial charge in [-0.25, -0.2) is 13.8 Å². The van der Waals surface area contributed by atoms with E-state index >= 15 is 4.39 Å². The molecule has 0 atom stereocenters. The molecule has 0 spiro atoms. The van der Waals surface area contributed by atoms with Crippen molar-refractivity contribution < 1.29 is 57.9 Å². The lowest BCUT2D eigenvalue weighted by atomic mass is 9.92. The number of aromatic nitrogens is 1. The maximum atomic E-state index is 15.6. The molecular formula is C27H12F11IN4O2. The van der Waals surface area contributed by atoms with Gasteiger partial charge in [0.05, 0.1) is 34.6 Å². The number of pyridine rings is 1. The maximum Gasteiger partial charge on any atom is 0.435 e. The molecule has 3 rings (SSSR count). The molecule has 1 N–H and O–H groups in total. The number of amides is 2. The summed E-state index contributed by atoms with van der Waals surface area (Å²) < 4.78 is 150. The van der Waals surface area contributed by atoms with Crippen molar-refractivity contribution in [3.05, 3.63) is 86.0 Å². The van der Waals surface area contributed by atoms with Gasteiger partial charge in [0.2, 0.25) is 0 Å². The molecule has 45 heavy (non-hydrogen) atoms. The summed E-state index contributed by atoms with van der Waals surface area (Å²) in [4.78, 5) is 30.3. The molecule has 0 saturated heterocycles. The highest BCUT2D eigenvalue weighted by Crippen LogP contribution is 2.54. The minimum atomic E-state index is -6.74. The lowest BCUT2D eigenvalue weighted by Gasteiger charge is -2.31. The van der Waals surface area contributed by atoms with Crippen LogP contribution < -0.4 is 10.2 Å². The van der Waals surface area contributed by atoms with Gasteiger partial charge in [0.25, 0.3) is 11.8 Å². The summed E-state index contributed by atoms with van der Waals surface area (Å²) in [5, 5.41) is 10.5. The Morgan fingerprint density at radius 2 is 1.60 bits per heavy atom.